The maximum atomic E-state index is 13.1. The van der Waals surface area contributed by atoms with Gasteiger partial charge < -0.3 is 9.64 Å². The van der Waals surface area contributed by atoms with Crippen LogP contribution in [0.4, 0.5) is 0 Å². The maximum Gasteiger partial charge on any atom is 0.229 e. The van der Waals surface area contributed by atoms with Gasteiger partial charge in [0.05, 0.1) is 19.1 Å². The van der Waals surface area contributed by atoms with E-state index >= 15 is 0 Å². The van der Waals surface area contributed by atoms with E-state index in [-0.39, 0.29) is 12.0 Å². The summed E-state index contributed by atoms with van der Waals surface area (Å²) in [5.74, 6) is 1.19. The molecular weight excluding hydrogens is 434 g/mol. The van der Waals surface area contributed by atoms with Crippen LogP contribution >= 0.6 is 0 Å². The lowest BCUT2D eigenvalue weighted by atomic mass is 9.87. The summed E-state index contributed by atoms with van der Waals surface area (Å²) in [5.41, 5.74) is 2.62. The van der Waals surface area contributed by atoms with Gasteiger partial charge in [-0.2, -0.15) is 0 Å². The van der Waals surface area contributed by atoms with Crippen LogP contribution in [0.2, 0.25) is 0 Å². The predicted molar refractivity (Wildman–Crippen MR) is 141 cm³/mol. The molecule has 2 bridgehead atoms. The molecule has 3 heterocycles. The van der Waals surface area contributed by atoms with E-state index < -0.39 is 0 Å². The van der Waals surface area contributed by atoms with Gasteiger partial charge in [-0.15, -0.1) is 6.58 Å². The molecule has 5 rings (SSSR count). The highest BCUT2D eigenvalue weighted by Crippen LogP contribution is 2.43. The lowest BCUT2D eigenvalue weighted by Crippen LogP contribution is -2.42. The molecule has 1 aromatic carbocycles. The molecule has 1 aromatic rings. The number of allylic oxidation sites excluding steroid dienone is 1. The summed E-state index contributed by atoms with van der Waals surface area (Å²) in [6, 6.07) is 9.89. The quantitative estimate of drug-likeness (QED) is 0.522. The highest BCUT2D eigenvalue weighted by Gasteiger charge is 2.42. The lowest BCUT2D eigenvalue weighted by molar-refractivity contribution is -0.134. The van der Waals surface area contributed by atoms with Crippen LogP contribution in [0.15, 0.2) is 60.7 Å². The predicted octanol–water partition coefficient (Wildman–Crippen LogP) is 4.98. The molecular formula is C30H41N3O2. The number of benzene rings is 1. The number of fused-ring (bicyclic) bond motifs is 2. The Hall–Kier alpha value is -2.37. The number of methoxy groups -OCH3 is 1. The molecule has 0 spiro atoms. The standard InChI is InChI=1S/C30H41N3O2/c1-3-17-31-20-16-26-14-15-27(22-31)33(26)29(25-8-7-9-28(21-25)35-2)23-10-12-24(13-11-23)30(34)32-18-5-4-6-19-32/h3,7-12,21,24,26-27,29H,1,4-6,13-20,22H2,2H3. The first-order valence-corrected chi connectivity index (χ1v) is 13.6. The van der Waals surface area contributed by atoms with Gasteiger partial charge in [-0.1, -0.05) is 36.4 Å². The minimum Gasteiger partial charge on any atom is -0.497 e. The van der Waals surface area contributed by atoms with Crippen molar-refractivity contribution in [3.05, 3.63) is 66.3 Å². The SMILES string of the molecule is C=CCN1CCC2CCC(C1)N2C(C1=CCC(C(=O)N2CCCCC2)C=C1)c1cccc(OC)c1. The van der Waals surface area contributed by atoms with Crippen molar-refractivity contribution in [2.45, 2.75) is 63.1 Å². The largest absolute Gasteiger partial charge is 0.497 e. The van der Waals surface area contributed by atoms with Gasteiger partial charge in [-0.25, -0.2) is 0 Å². The van der Waals surface area contributed by atoms with Crippen molar-refractivity contribution < 1.29 is 9.53 Å². The zero-order valence-corrected chi connectivity index (χ0v) is 21.3. The van der Waals surface area contributed by atoms with Gasteiger partial charge in [-0.05, 0) is 68.2 Å². The molecule has 5 heteroatoms. The number of hydrogen-bond acceptors (Lipinski definition) is 4. The zero-order valence-electron chi connectivity index (χ0n) is 21.3. The highest BCUT2D eigenvalue weighted by atomic mass is 16.5. The van der Waals surface area contributed by atoms with E-state index in [2.05, 4.69) is 57.7 Å². The molecule has 0 aromatic heterocycles. The Morgan fingerprint density at radius 2 is 1.97 bits per heavy atom. The Bertz CT molecular complexity index is 964. The number of nitrogens with zero attached hydrogens (tertiary/aromatic N) is 3. The number of rotatable bonds is 7. The van der Waals surface area contributed by atoms with Crippen LogP contribution < -0.4 is 4.74 Å². The molecule has 5 nitrogen and oxygen atoms in total. The summed E-state index contributed by atoms with van der Waals surface area (Å²) >= 11 is 0. The Balaban J connectivity index is 1.42. The number of amides is 1. The van der Waals surface area contributed by atoms with E-state index in [1.807, 2.05) is 12.1 Å². The van der Waals surface area contributed by atoms with Gasteiger partial charge in [0.25, 0.3) is 0 Å². The third-order valence-electron chi connectivity index (χ3n) is 8.45. The van der Waals surface area contributed by atoms with Crippen LogP contribution in [0.5, 0.6) is 5.75 Å². The average Bonchev–Trinajstić information content (AvgIpc) is 3.20. The summed E-state index contributed by atoms with van der Waals surface area (Å²) in [7, 11) is 1.74. The molecule has 4 atom stereocenters. The van der Waals surface area contributed by atoms with Crippen molar-refractivity contribution in [2.75, 3.05) is 39.8 Å². The van der Waals surface area contributed by atoms with E-state index in [1.54, 1.807) is 7.11 Å². The van der Waals surface area contributed by atoms with E-state index in [4.69, 9.17) is 4.74 Å². The molecule has 0 saturated carbocycles. The van der Waals surface area contributed by atoms with Gasteiger partial charge in [0.2, 0.25) is 5.91 Å². The third kappa shape index (κ3) is 5.26. The molecule has 1 aliphatic carbocycles. The number of carbonyl (C=O) groups is 1. The summed E-state index contributed by atoms with van der Waals surface area (Å²) < 4.78 is 5.61. The second-order valence-electron chi connectivity index (χ2n) is 10.6. The van der Waals surface area contributed by atoms with Crippen LogP contribution in [-0.2, 0) is 4.79 Å². The summed E-state index contributed by atoms with van der Waals surface area (Å²) in [5, 5.41) is 0. The third-order valence-corrected chi connectivity index (χ3v) is 8.45. The molecule has 4 unspecified atom stereocenters. The van der Waals surface area contributed by atoms with Gasteiger partial charge >= 0.3 is 0 Å². The Morgan fingerprint density at radius 3 is 2.71 bits per heavy atom. The molecule has 188 valence electrons. The van der Waals surface area contributed by atoms with Crippen molar-refractivity contribution in [1.29, 1.82) is 0 Å². The van der Waals surface area contributed by atoms with E-state index in [1.165, 1.54) is 36.8 Å². The van der Waals surface area contributed by atoms with Crippen LogP contribution in [0.3, 0.4) is 0 Å². The molecule has 3 saturated heterocycles. The van der Waals surface area contributed by atoms with Crippen LogP contribution in [-0.4, -0.2) is 72.5 Å². The minimum atomic E-state index is -0.0215. The Morgan fingerprint density at radius 1 is 1.14 bits per heavy atom. The first-order valence-electron chi connectivity index (χ1n) is 13.6. The first kappa shape index (κ1) is 24.3. The zero-order chi connectivity index (χ0) is 24.2. The number of hydrogen-bond donors (Lipinski definition) is 0. The van der Waals surface area contributed by atoms with Gasteiger partial charge in [-0.3, -0.25) is 14.6 Å². The van der Waals surface area contributed by atoms with E-state index in [9.17, 15) is 4.79 Å². The Kier molecular flexibility index (Phi) is 7.74. The van der Waals surface area contributed by atoms with Crippen molar-refractivity contribution in [2.24, 2.45) is 5.92 Å². The number of carbonyl (C=O) groups excluding carboxylic acids is 1. The lowest BCUT2D eigenvalue weighted by Gasteiger charge is -2.38. The maximum absolute atomic E-state index is 13.1. The van der Waals surface area contributed by atoms with E-state index in [0.717, 1.165) is 57.7 Å². The topological polar surface area (TPSA) is 36.0 Å². The number of ether oxygens (including phenoxy) is 1. The second-order valence-corrected chi connectivity index (χ2v) is 10.6. The smallest absolute Gasteiger partial charge is 0.229 e. The summed E-state index contributed by atoms with van der Waals surface area (Å²) in [4.78, 5) is 20.6. The summed E-state index contributed by atoms with van der Waals surface area (Å²) in [6.45, 7) is 9.01. The molecule has 1 amide bonds. The second kappa shape index (κ2) is 11.1. The first-order chi connectivity index (χ1) is 17.2. The molecule has 0 radical (unpaired) electrons. The average molecular weight is 476 g/mol. The minimum absolute atomic E-state index is 0.0215. The van der Waals surface area contributed by atoms with Crippen LogP contribution in [0.1, 0.15) is 56.6 Å². The van der Waals surface area contributed by atoms with Crippen molar-refractivity contribution in [3.63, 3.8) is 0 Å². The van der Waals surface area contributed by atoms with Crippen LogP contribution in [0, 0.1) is 5.92 Å². The van der Waals surface area contributed by atoms with Gasteiger partial charge in [0, 0.05) is 44.8 Å². The monoisotopic (exact) mass is 475 g/mol. The molecule has 3 aliphatic heterocycles. The number of piperidine rings is 1. The van der Waals surface area contributed by atoms with Crippen molar-refractivity contribution >= 4 is 5.91 Å². The van der Waals surface area contributed by atoms with Crippen molar-refractivity contribution in [3.8, 4) is 5.75 Å². The summed E-state index contributed by atoms with van der Waals surface area (Å²) in [6.07, 6.45) is 16.9. The highest BCUT2D eigenvalue weighted by molar-refractivity contribution is 5.81. The molecule has 0 N–H and O–H groups in total. The fourth-order valence-corrected chi connectivity index (χ4v) is 6.67. The molecule has 4 aliphatic rings. The normalized spacial score (nSPS) is 28.3. The van der Waals surface area contributed by atoms with Crippen LogP contribution in [0.25, 0.3) is 0 Å². The fourth-order valence-electron chi connectivity index (χ4n) is 6.67. The molecule has 3 fully saturated rings. The molecule has 35 heavy (non-hydrogen) atoms. The van der Waals surface area contributed by atoms with Crippen molar-refractivity contribution in [1.82, 2.24) is 14.7 Å². The Labute approximate surface area is 211 Å². The van der Waals surface area contributed by atoms with E-state index in [0.29, 0.717) is 18.0 Å². The van der Waals surface area contributed by atoms with Gasteiger partial charge in [0.1, 0.15) is 5.75 Å². The van der Waals surface area contributed by atoms with Gasteiger partial charge in [0.15, 0.2) is 0 Å². The fraction of sp³-hybridized carbons (Fsp3) is 0.567. The number of likely N-dealkylation sites (tertiary alicyclic amines) is 2.